The van der Waals surface area contributed by atoms with Gasteiger partial charge in [-0.3, -0.25) is 0 Å². The summed E-state index contributed by atoms with van der Waals surface area (Å²) in [4.78, 5) is 0. The lowest BCUT2D eigenvalue weighted by Gasteiger charge is -2.13. The maximum atomic E-state index is 13.8. The third-order valence-corrected chi connectivity index (χ3v) is 3.65. The van der Waals surface area contributed by atoms with E-state index in [1.807, 2.05) is 0 Å². The fourth-order valence-electron chi connectivity index (χ4n) is 1.80. The van der Waals surface area contributed by atoms with E-state index >= 15 is 0 Å². The van der Waals surface area contributed by atoms with Crippen LogP contribution in [0.15, 0.2) is 30.3 Å². The summed E-state index contributed by atoms with van der Waals surface area (Å²) in [6.45, 7) is 0.0288. The van der Waals surface area contributed by atoms with Crippen LogP contribution in [0.2, 0.25) is 10.0 Å². The first-order chi connectivity index (χ1) is 10.0. The van der Waals surface area contributed by atoms with Crippen LogP contribution in [0.4, 0.5) is 4.39 Å². The average molecular weight is 350 g/mol. The molecule has 0 N–H and O–H groups in total. The van der Waals surface area contributed by atoms with Crippen molar-refractivity contribution in [2.24, 2.45) is 0 Å². The van der Waals surface area contributed by atoms with E-state index in [4.69, 9.17) is 44.3 Å². The SMILES string of the molecule is COc1ccc(COc2c(Cl)cc(Cl)cc2CCl)c(F)c1. The van der Waals surface area contributed by atoms with Gasteiger partial charge in [0.05, 0.1) is 18.0 Å². The Kier molecular flexibility index (Phi) is 5.57. The maximum absolute atomic E-state index is 13.8. The molecule has 0 saturated carbocycles. The summed E-state index contributed by atoms with van der Waals surface area (Å²) in [5, 5.41) is 0.811. The van der Waals surface area contributed by atoms with Gasteiger partial charge in [0.25, 0.3) is 0 Å². The normalized spacial score (nSPS) is 10.5. The number of methoxy groups -OCH3 is 1. The second kappa shape index (κ2) is 7.21. The molecule has 21 heavy (non-hydrogen) atoms. The second-order valence-corrected chi connectivity index (χ2v) is 5.37. The molecule has 0 bridgehead atoms. The van der Waals surface area contributed by atoms with Crippen LogP contribution in [0.3, 0.4) is 0 Å². The van der Waals surface area contributed by atoms with E-state index in [9.17, 15) is 4.39 Å². The van der Waals surface area contributed by atoms with Crippen molar-refractivity contribution in [2.45, 2.75) is 12.5 Å². The molecular weight excluding hydrogens is 338 g/mol. The van der Waals surface area contributed by atoms with Gasteiger partial charge in [0, 0.05) is 22.2 Å². The van der Waals surface area contributed by atoms with Crippen LogP contribution in [0.25, 0.3) is 0 Å². The van der Waals surface area contributed by atoms with Gasteiger partial charge >= 0.3 is 0 Å². The van der Waals surface area contributed by atoms with E-state index in [-0.39, 0.29) is 12.5 Å². The molecule has 0 aromatic heterocycles. The molecule has 2 aromatic carbocycles. The molecule has 0 atom stereocenters. The van der Waals surface area contributed by atoms with Crippen molar-refractivity contribution in [2.75, 3.05) is 7.11 Å². The van der Waals surface area contributed by atoms with Crippen molar-refractivity contribution < 1.29 is 13.9 Å². The standard InChI is InChI=1S/C15H12Cl3FO2/c1-20-12-3-2-9(14(19)6-12)8-21-15-10(7-16)4-11(17)5-13(15)18/h2-6H,7-8H2,1H3. The number of ether oxygens (including phenoxy) is 2. The number of rotatable bonds is 5. The summed E-state index contributed by atoms with van der Waals surface area (Å²) in [6.07, 6.45) is 0. The third kappa shape index (κ3) is 3.94. The molecule has 0 radical (unpaired) electrons. The zero-order valence-corrected chi connectivity index (χ0v) is 13.4. The predicted octanol–water partition coefficient (Wildman–Crippen LogP) is 5.46. The van der Waals surface area contributed by atoms with Gasteiger partial charge in [-0.25, -0.2) is 4.39 Å². The molecule has 0 heterocycles. The molecule has 2 nitrogen and oxygen atoms in total. The molecule has 0 saturated heterocycles. The third-order valence-electron chi connectivity index (χ3n) is 2.86. The van der Waals surface area contributed by atoms with E-state index < -0.39 is 5.82 Å². The number of hydrogen-bond acceptors (Lipinski definition) is 2. The van der Waals surface area contributed by atoms with Gasteiger partial charge < -0.3 is 9.47 Å². The van der Waals surface area contributed by atoms with Gasteiger partial charge in [-0.1, -0.05) is 23.2 Å². The molecule has 0 aliphatic carbocycles. The topological polar surface area (TPSA) is 18.5 Å². The summed E-state index contributed by atoms with van der Waals surface area (Å²) in [5.74, 6) is 0.640. The van der Waals surface area contributed by atoms with E-state index in [1.165, 1.54) is 13.2 Å². The highest BCUT2D eigenvalue weighted by Gasteiger charge is 2.12. The Balaban J connectivity index is 2.20. The van der Waals surface area contributed by atoms with Crippen LogP contribution in [-0.4, -0.2) is 7.11 Å². The lowest BCUT2D eigenvalue weighted by atomic mass is 10.2. The molecule has 6 heteroatoms. The Bertz CT molecular complexity index is 647. The van der Waals surface area contributed by atoms with Crippen molar-refractivity contribution >= 4 is 34.8 Å². The van der Waals surface area contributed by atoms with Crippen LogP contribution >= 0.6 is 34.8 Å². The summed E-state index contributed by atoms with van der Waals surface area (Å²) in [6, 6.07) is 7.77. The van der Waals surface area contributed by atoms with Gasteiger partial charge in [-0.05, 0) is 24.3 Å². The summed E-state index contributed by atoms with van der Waals surface area (Å²) >= 11 is 17.8. The van der Waals surface area contributed by atoms with Crippen LogP contribution in [0, 0.1) is 5.82 Å². The minimum absolute atomic E-state index is 0.0288. The first-order valence-corrected chi connectivity index (χ1v) is 7.33. The summed E-state index contributed by atoms with van der Waals surface area (Å²) < 4.78 is 24.4. The van der Waals surface area contributed by atoms with E-state index in [2.05, 4.69) is 0 Å². The van der Waals surface area contributed by atoms with E-state index in [0.717, 1.165) is 0 Å². The number of halogens is 4. The molecule has 0 aliphatic heterocycles. The van der Waals surface area contributed by atoms with Crippen LogP contribution < -0.4 is 9.47 Å². The molecule has 112 valence electrons. The first-order valence-electron chi connectivity index (χ1n) is 6.04. The van der Waals surface area contributed by atoms with Gasteiger partial charge in [0.1, 0.15) is 23.9 Å². The molecule has 0 amide bonds. The smallest absolute Gasteiger partial charge is 0.142 e. The number of alkyl halides is 1. The highest BCUT2D eigenvalue weighted by molar-refractivity contribution is 6.36. The summed E-state index contributed by atoms with van der Waals surface area (Å²) in [7, 11) is 1.48. The highest BCUT2D eigenvalue weighted by Crippen LogP contribution is 2.34. The van der Waals surface area contributed by atoms with Crippen molar-refractivity contribution in [3.63, 3.8) is 0 Å². The monoisotopic (exact) mass is 348 g/mol. The Labute approximate surface area is 137 Å². The zero-order chi connectivity index (χ0) is 15.4. The van der Waals surface area contributed by atoms with Crippen molar-refractivity contribution in [1.29, 1.82) is 0 Å². The van der Waals surface area contributed by atoms with Crippen molar-refractivity contribution in [3.8, 4) is 11.5 Å². The van der Waals surface area contributed by atoms with Crippen LogP contribution in [0.5, 0.6) is 11.5 Å². The van der Waals surface area contributed by atoms with E-state index in [0.29, 0.717) is 32.7 Å². The molecule has 0 aliphatic rings. The van der Waals surface area contributed by atoms with Gasteiger partial charge in [0.15, 0.2) is 0 Å². The zero-order valence-electron chi connectivity index (χ0n) is 11.1. The molecule has 2 rings (SSSR count). The molecular formula is C15H12Cl3FO2. The van der Waals surface area contributed by atoms with E-state index in [1.54, 1.807) is 24.3 Å². The number of benzene rings is 2. The minimum atomic E-state index is -0.410. The number of hydrogen-bond donors (Lipinski definition) is 0. The van der Waals surface area contributed by atoms with Crippen LogP contribution in [-0.2, 0) is 12.5 Å². The second-order valence-electron chi connectivity index (χ2n) is 4.26. The lowest BCUT2D eigenvalue weighted by molar-refractivity contribution is 0.297. The van der Waals surface area contributed by atoms with Crippen molar-refractivity contribution in [3.05, 3.63) is 57.3 Å². The van der Waals surface area contributed by atoms with Crippen molar-refractivity contribution in [1.82, 2.24) is 0 Å². The Morgan fingerprint density at radius 3 is 2.48 bits per heavy atom. The van der Waals surface area contributed by atoms with Gasteiger partial charge in [-0.15, -0.1) is 11.6 Å². The Morgan fingerprint density at radius 2 is 1.86 bits per heavy atom. The fourth-order valence-corrected chi connectivity index (χ4v) is 2.59. The molecule has 0 unspecified atom stereocenters. The fraction of sp³-hybridized carbons (Fsp3) is 0.200. The molecule has 2 aromatic rings. The van der Waals surface area contributed by atoms with Gasteiger partial charge in [0.2, 0.25) is 0 Å². The maximum Gasteiger partial charge on any atom is 0.142 e. The first kappa shape index (κ1) is 16.2. The summed E-state index contributed by atoms with van der Waals surface area (Å²) in [5.41, 5.74) is 1.05. The quantitative estimate of drug-likeness (QED) is 0.667. The van der Waals surface area contributed by atoms with Crippen LogP contribution in [0.1, 0.15) is 11.1 Å². The minimum Gasteiger partial charge on any atom is -0.497 e. The average Bonchev–Trinajstić information content (AvgIpc) is 2.46. The largest absolute Gasteiger partial charge is 0.497 e. The molecule has 0 fully saturated rings. The lowest BCUT2D eigenvalue weighted by Crippen LogP contribution is -2.01. The Morgan fingerprint density at radius 1 is 1.10 bits per heavy atom. The highest BCUT2D eigenvalue weighted by atomic mass is 35.5. The van der Waals surface area contributed by atoms with Gasteiger partial charge in [-0.2, -0.15) is 0 Å². The Hall–Kier alpha value is -1.16. The molecule has 0 spiro atoms. The predicted molar refractivity (Wildman–Crippen MR) is 83.3 cm³/mol.